The molecule has 0 aliphatic heterocycles. The zero-order valence-electron chi connectivity index (χ0n) is 7.59. The lowest BCUT2D eigenvalue weighted by molar-refractivity contribution is -0.142. The van der Waals surface area contributed by atoms with E-state index in [-0.39, 0.29) is 12.0 Å². The lowest BCUT2D eigenvalue weighted by Gasteiger charge is -2.09. The van der Waals surface area contributed by atoms with E-state index in [1.165, 1.54) is 7.11 Å². The second kappa shape index (κ2) is 6.68. The van der Waals surface area contributed by atoms with E-state index in [1.807, 2.05) is 0 Å². The van der Waals surface area contributed by atoms with Crippen LogP contribution in [0.25, 0.3) is 0 Å². The third-order valence-corrected chi connectivity index (χ3v) is 1.50. The molecular weight excluding hydrogens is 154 g/mol. The van der Waals surface area contributed by atoms with Gasteiger partial charge in [0.2, 0.25) is 0 Å². The molecule has 12 heavy (non-hydrogen) atoms. The largest absolute Gasteiger partial charge is 0.468 e. The van der Waals surface area contributed by atoms with Gasteiger partial charge in [-0.05, 0) is 19.9 Å². The van der Waals surface area contributed by atoms with Gasteiger partial charge in [-0.25, -0.2) is 0 Å². The van der Waals surface area contributed by atoms with Gasteiger partial charge < -0.3 is 10.1 Å². The van der Waals surface area contributed by atoms with Crippen LogP contribution in [0.4, 0.5) is 0 Å². The number of terminal acetylenes is 1. The standard InChI is InChI=1S/C9H15NO2/c1-4-5-6-7-10-8(2)9(11)12-3/h1,8,10H,5-7H2,2-3H3. The fraction of sp³-hybridized carbons (Fsp3) is 0.667. The van der Waals surface area contributed by atoms with Crippen molar-refractivity contribution in [2.75, 3.05) is 13.7 Å². The van der Waals surface area contributed by atoms with Crippen molar-refractivity contribution in [3.8, 4) is 12.3 Å². The van der Waals surface area contributed by atoms with Crippen molar-refractivity contribution >= 4 is 5.97 Å². The highest BCUT2D eigenvalue weighted by atomic mass is 16.5. The SMILES string of the molecule is C#CCCCNC(C)C(=O)OC. The van der Waals surface area contributed by atoms with E-state index in [0.717, 1.165) is 19.4 Å². The molecule has 0 bridgehead atoms. The highest BCUT2D eigenvalue weighted by Gasteiger charge is 2.10. The van der Waals surface area contributed by atoms with E-state index in [1.54, 1.807) is 6.92 Å². The Hall–Kier alpha value is -1.01. The molecular formula is C9H15NO2. The van der Waals surface area contributed by atoms with Crippen molar-refractivity contribution in [3.63, 3.8) is 0 Å². The number of methoxy groups -OCH3 is 1. The number of carbonyl (C=O) groups is 1. The van der Waals surface area contributed by atoms with Crippen LogP contribution in [0, 0.1) is 12.3 Å². The van der Waals surface area contributed by atoms with Gasteiger partial charge in [0, 0.05) is 6.42 Å². The van der Waals surface area contributed by atoms with Gasteiger partial charge in [0.25, 0.3) is 0 Å². The highest BCUT2D eigenvalue weighted by Crippen LogP contribution is 1.88. The normalized spacial score (nSPS) is 11.8. The number of esters is 1. The summed E-state index contributed by atoms with van der Waals surface area (Å²) in [5.74, 6) is 2.29. The molecule has 1 atom stereocenters. The van der Waals surface area contributed by atoms with Crippen LogP contribution < -0.4 is 5.32 Å². The number of unbranched alkanes of at least 4 members (excludes halogenated alkanes) is 1. The molecule has 0 aromatic carbocycles. The second-order valence-corrected chi connectivity index (χ2v) is 2.51. The molecule has 0 fully saturated rings. The van der Waals surface area contributed by atoms with Crippen LogP contribution in [0.1, 0.15) is 19.8 Å². The summed E-state index contributed by atoms with van der Waals surface area (Å²) in [6.45, 7) is 2.52. The summed E-state index contributed by atoms with van der Waals surface area (Å²) in [5.41, 5.74) is 0. The number of nitrogens with one attached hydrogen (secondary N) is 1. The third-order valence-electron chi connectivity index (χ3n) is 1.50. The number of carbonyl (C=O) groups excluding carboxylic acids is 1. The number of rotatable bonds is 5. The minimum Gasteiger partial charge on any atom is -0.468 e. The van der Waals surface area contributed by atoms with Gasteiger partial charge in [-0.1, -0.05) is 0 Å². The second-order valence-electron chi connectivity index (χ2n) is 2.51. The molecule has 0 aliphatic rings. The predicted octanol–water partition coefficient (Wildman–Crippen LogP) is 0.551. The van der Waals surface area contributed by atoms with Crippen molar-refractivity contribution in [3.05, 3.63) is 0 Å². The highest BCUT2D eigenvalue weighted by molar-refractivity contribution is 5.74. The first-order valence-electron chi connectivity index (χ1n) is 3.97. The average molecular weight is 169 g/mol. The van der Waals surface area contributed by atoms with Crippen LogP contribution in [-0.2, 0) is 9.53 Å². The summed E-state index contributed by atoms with van der Waals surface area (Å²) in [7, 11) is 1.38. The Bertz CT molecular complexity index is 172. The maximum atomic E-state index is 10.9. The van der Waals surface area contributed by atoms with Gasteiger partial charge in [0.05, 0.1) is 7.11 Å². The van der Waals surface area contributed by atoms with Gasteiger partial charge >= 0.3 is 5.97 Å². The zero-order valence-corrected chi connectivity index (χ0v) is 7.59. The predicted molar refractivity (Wildman–Crippen MR) is 47.5 cm³/mol. The first-order chi connectivity index (χ1) is 5.72. The molecule has 0 rings (SSSR count). The van der Waals surface area contributed by atoms with Crippen LogP contribution in [0.5, 0.6) is 0 Å². The van der Waals surface area contributed by atoms with Crippen molar-refractivity contribution in [1.82, 2.24) is 5.32 Å². The van der Waals surface area contributed by atoms with Gasteiger partial charge in [-0.2, -0.15) is 0 Å². The van der Waals surface area contributed by atoms with E-state index >= 15 is 0 Å². The molecule has 0 heterocycles. The summed E-state index contributed by atoms with van der Waals surface area (Å²) >= 11 is 0. The zero-order chi connectivity index (χ0) is 9.40. The van der Waals surface area contributed by atoms with Gasteiger partial charge in [-0.3, -0.25) is 4.79 Å². The fourth-order valence-corrected chi connectivity index (χ4v) is 0.769. The number of hydrogen-bond donors (Lipinski definition) is 1. The lowest BCUT2D eigenvalue weighted by Crippen LogP contribution is -2.35. The number of hydrogen-bond acceptors (Lipinski definition) is 3. The van der Waals surface area contributed by atoms with Crippen LogP contribution >= 0.6 is 0 Å². The minimum absolute atomic E-state index is 0.240. The Kier molecular flexibility index (Phi) is 6.12. The van der Waals surface area contributed by atoms with Crippen LogP contribution in [0.2, 0.25) is 0 Å². The first kappa shape index (κ1) is 11.0. The first-order valence-corrected chi connectivity index (χ1v) is 3.97. The van der Waals surface area contributed by atoms with Crippen LogP contribution in [-0.4, -0.2) is 25.7 Å². The average Bonchev–Trinajstić information content (AvgIpc) is 2.10. The van der Waals surface area contributed by atoms with Gasteiger partial charge in [0.1, 0.15) is 6.04 Å². The molecule has 0 radical (unpaired) electrons. The van der Waals surface area contributed by atoms with Crippen LogP contribution in [0.15, 0.2) is 0 Å². The van der Waals surface area contributed by atoms with Crippen molar-refractivity contribution in [2.45, 2.75) is 25.8 Å². The smallest absolute Gasteiger partial charge is 0.322 e. The molecule has 0 amide bonds. The maximum absolute atomic E-state index is 10.9. The molecule has 0 aromatic heterocycles. The molecule has 0 spiro atoms. The molecule has 0 aliphatic carbocycles. The van der Waals surface area contributed by atoms with Crippen molar-refractivity contribution in [2.24, 2.45) is 0 Å². The molecule has 0 saturated heterocycles. The fourth-order valence-electron chi connectivity index (χ4n) is 0.769. The van der Waals surface area contributed by atoms with E-state index in [4.69, 9.17) is 6.42 Å². The Morgan fingerprint density at radius 3 is 2.92 bits per heavy atom. The molecule has 3 heteroatoms. The summed E-state index contributed by atoms with van der Waals surface area (Å²) in [6.07, 6.45) is 6.69. The molecule has 1 unspecified atom stereocenters. The minimum atomic E-state index is -0.243. The topological polar surface area (TPSA) is 38.3 Å². The summed E-state index contributed by atoms with van der Waals surface area (Å²) < 4.78 is 4.53. The van der Waals surface area contributed by atoms with Gasteiger partial charge in [-0.15, -0.1) is 12.3 Å². The lowest BCUT2D eigenvalue weighted by atomic mass is 10.3. The molecule has 0 aromatic rings. The van der Waals surface area contributed by atoms with E-state index in [0.29, 0.717) is 0 Å². The van der Waals surface area contributed by atoms with Gasteiger partial charge in [0.15, 0.2) is 0 Å². The van der Waals surface area contributed by atoms with Crippen LogP contribution in [0.3, 0.4) is 0 Å². The Morgan fingerprint density at radius 2 is 2.42 bits per heavy atom. The molecule has 1 N–H and O–H groups in total. The third kappa shape index (κ3) is 4.75. The van der Waals surface area contributed by atoms with E-state index in [2.05, 4.69) is 16.0 Å². The summed E-state index contributed by atoms with van der Waals surface area (Å²) in [4.78, 5) is 10.9. The van der Waals surface area contributed by atoms with E-state index in [9.17, 15) is 4.79 Å². The van der Waals surface area contributed by atoms with Crippen molar-refractivity contribution in [1.29, 1.82) is 0 Å². The summed E-state index contributed by atoms with van der Waals surface area (Å²) in [6, 6.07) is -0.243. The molecule has 0 saturated carbocycles. The maximum Gasteiger partial charge on any atom is 0.322 e. The Balaban J connectivity index is 3.38. The Morgan fingerprint density at radius 1 is 1.75 bits per heavy atom. The van der Waals surface area contributed by atoms with Crippen molar-refractivity contribution < 1.29 is 9.53 Å². The Labute approximate surface area is 73.5 Å². The molecule has 3 nitrogen and oxygen atoms in total. The quantitative estimate of drug-likeness (QED) is 0.371. The molecule has 68 valence electrons. The monoisotopic (exact) mass is 169 g/mol. The number of ether oxygens (including phenoxy) is 1. The summed E-state index contributed by atoms with van der Waals surface area (Å²) in [5, 5.41) is 3.00. The van der Waals surface area contributed by atoms with E-state index < -0.39 is 0 Å².